The first-order valence-corrected chi connectivity index (χ1v) is 5.01. The van der Waals surface area contributed by atoms with E-state index in [0.717, 1.165) is 19.4 Å². The van der Waals surface area contributed by atoms with Gasteiger partial charge >= 0.3 is 0 Å². The zero-order chi connectivity index (χ0) is 9.56. The molecule has 72 valence electrons. The van der Waals surface area contributed by atoms with Crippen molar-refractivity contribution >= 4 is 43.3 Å². The molecule has 0 aliphatic rings. The topological polar surface area (TPSA) is 32.3 Å². The van der Waals surface area contributed by atoms with Crippen molar-refractivity contribution in [3.63, 3.8) is 0 Å². The number of amides is 1. The minimum Gasteiger partial charge on any atom is -0.325 e. The summed E-state index contributed by atoms with van der Waals surface area (Å²) in [5.74, 6) is 0. The second-order valence-corrected chi connectivity index (χ2v) is 3.72. The predicted octanol–water partition coefficient (Wildman–Crippen LogP) is 1.44. The van der Waals surface area contributed by atoms with E-state index in [-0.39, 0.29) is 10.6 Å². The van der Waals surface area contributed by atoms with E-state index in [0.29, 0.717) is 0 Å². The quantitative estimate of drug-likeness (QED) is 0.325. The van der Waals surface area contributed by atoms with Crippen LogP contribution in [0.5, 0.6) is 0 Å². The number of hydrogen-bond donors (Lipinski definition) is 4. The molecule has 0 bridgehead atoms. The zero-order valence-electron chi connectivity index (χ0n) is 6.90. The predicted molar refractivity (Wildman–Crippen MR) is 61.1 cm³/mol. The van der Waals surface area contributed by atoms with Crippen molar-refractivity contribution in [2.45, 2.75) is 18.2 Å². The summed E-state index contributed by atoms with van der Waals surface area (Å²) < 4.78 is 2.73. The Hall–Kier alpha value is 0.480. The molecular weight excluding hydrogens is 212 g/mol. The van der Waals surface area contributed by atoms with Crippen molar-refractivity contribution in [3.05, 3.63) is 0 Å². The van der Waals surface area contributed by atoms with Crippen LogP contribution in [0.4, 0.5) is 4.79 Å². The average Bonchev–Trinajstić information content (AvgIpc) is 2.03. The van der Waals surface area contributed by atoms with Gasteiger partial charge in [-0.05, 0) is 12.8 Å². The highest BCUT2D eigenvalue weighted by Gasteiger charge is 2.11. The van der Waals surface area contributed by atoms with Gasteiger partial charge in [0.1, 0.15) is 0 Å². The lowest BCUT2D eigenvalue weighted by Crippen LogP contribution is -2.29. The van der Waals surface area contributed by atoms with Crippen molar-refractivity contribution in [1.29, 1.82) is 0 Å². The van der Waals surface area contributed by atoms with Crippen molar-refractivity contribution < 1.29 is 4.79 Å². The third-order valence-electron chi connectivity index (χ3n) is 1.50. The van der Waals surface area contributed by atoms with E-state index in [1.165, 1.54) is 4.90 Å². The summed E-state index contributed by atoms with van der Waals surface area (Å²) in [5.41, 5.74) is 0. The van der Waals surface area contributed by atoms with Gasteiger partial charge < -0.3 is 4.90 Å². The van der Waals surface area contributed by atoms with Crippen molar-refractivity contribution in [2.24, 2.45) is 0 Å². The Morgan fingerprint density at radius 1 is 1.67 bits per heavy atom. The van der Waals surface area contributed by atoms with Crippen LogP contribution in [-0.4, -0.2) is 29.1 Å². The van der Waals surface area contributed by atoms with E-state index < -0.39 is 0 Å². The Morgan fingerprint density at radius 3 is 2.67 bits per heavy atom. The zero-order valence-corrected chi connectivity index (χ0v) is 9.58. The fourth-order valence-corrected chi connectivity index (χ4v) is 1.36. The first-order chi connectivity index (χ1) is 5.59. The van der Waals surface area contributed by atoms with Gasteiger partial charge in [-0.2, -0.15) is 12.6 Å². The van der Waals surface area contributed by atoms with Crippen LogP contribution in [0.25, 0.3) is 0 Å². The fraction of sp³-hybridized carbons (Fsp3) is 0.833. The Morgan fingerprint density at radius 2 is 2.25 bits per heavy atom. The molecule has 0 saturated heterocycles. The molecule has 12 heavy (non-hydrogen) atoms. The van der Waals surface area contributed by atoms with E-state index in [1.54, 1.807) is 7.05 Å². The van der Waals surface area contributed by atoms with Crippen LogP contribution < -0.4 is 4.72 Å². The maximum absolute atomic E-state index is 10.7. The number of rotatable bonds is 5. The summed E-state index contributed by atoms with van der Waals surface area (Å²) in [5, 5.41) is -0.314. The molecule has 0 rings (SSSR count). The highest BCUT2D eigenvalue weighted by atomic mass is 32.1. The summed E-state index contributed by atoms with van der Waals surface area (Å²) in [6, 6.07) is 0. The van der Waals surface area contributed by atoms with Gasteiger partial charge in [-0.15, -0.1) is 0 Å². The first-order valence-electron chi connectivity index (χ1n) is 3.60. The van der Waals surface area contributed by atoms with Crippen LogP contribution in [0.1, 0.15) is 12.8 Å². The minimum absolute atomic E-state index is 0.0586. The molecule has 6 heteroatoms. The van der Waals surface area contributed by atoms with Gasteiger partial charge in [-0.25, -0.2) is 0 Å². The van der Waals surface area contributed by atoms with Crippen LogP contribution in [-0.2, 0) is 0 Å². The Bertz CT molecular complexity index is 145. The van der Waals surface area contributed by atoms with E-state index in [2.05, 4.69) is 42.8 Å². The van der Waals surface area contributed by atoms with Crippen LogP contribution >= 0.6 is 38.1 Å². The molecule has 3 nitrogen and oxygen atoms in total. The standard InChI is InChI=1S/C6H14N2OS3/c1-8(6(9)11)5(10)3-2-4-7-12/h5,7,10,12H,2-4H2,1H3,(H,9,11). The lowest BCUT2D eigenvalue weighted by atomic mass is 10.3. The normalized spacial score (nSPS) is 12.7. The van der Waals surface area contributed by atoms with Crippen molar-refractivity contribution in [2.75, 3.05) is 13.6 Å². The van der Waals surface area contributed by atoms with Crippen LogP contribution in [0.2, 0.25) is 0 Å². The van der Waals surface area contributed by atoms with Gasteiger partial charge in [0.25, 0.3) is 5.24 Å². The first kappa shape index (κ1) is 12.5. The maximum Gasteiger partial charge on any atom is 0.279 e. The van der Waals surface area contributed by atoms with Gasteiger partial charge in [0.2, 0.25) is 0 Å². The number of carbonyl (C=O) groups is 1. The molecule has 1 amide bonds. The smallest absolute Gasteiger partial charge is 0.279 e. The number of hydrogen-bond acceptors (Lipinski definition) is 4. The monoisotopic (exact) mass is 226 g/mol. The average molecular weight is 226 g/mol. The van der Waals surface area contributed by atoms with Crippen molar-refractivity contribution in [1.82, 2.24) is 9.62 Å². The highest BCUT2D eigenvalue weighted by molar-refractivity contribution is 7.96. The molecule has 0 heterocycles. The largest absolute Gasteiger partial charge is 0.325 e. The van der Waals surface area contributed by atoms with Crippen LogP contribution in [0.15, 0.2) is 0 Å². The minimum atomic E-state index is -0.256. The summed E-state index contributed by atoms with van der Waals surface area (Å²) >= 11 is 11.8. The van der Waals surface area contributed by atoms with E-state index in [9.17, 15) is 4.79 Å². The maximum atomic E-state index is 10.7. The number of carbonyl (C=O) groups excluding carboxylic acids is 1. The lowest BCUT2D eigenvalue weighted by molar-refractivity contribution is 0.229. The Labute approximate surface area is 89.6 Å². The van der Waals surface area contributed by atoms with E-state index in [1.807, 2.05) is 0 Å². The highest BCUT2D eigenvalue weighted by Crippen LogP contribution is 2.10. The van der Waals surface area contributed by atoms with E-state index >= 15 is 0 Å². The van der Waals surface area contributed by atoms with Gasteiger partial charge in [0.05, 0.1) is 5.37 Å². The third kappa shape index (κ3) is 5.18. The number of thiol groups is 3. The van der Waals surface area contributed by atoms with E-state index in [4.69, 9.17) is 0 Å². The third-order valence-corrected chi connectivity index (χ3v) is 2.64. The molecule has 0 aromatic heterocycles. The molecule has 0 spiro atoms. The van der Waals surface area contributed by atoms with Gasteiger partial charge in [-0.1, -0.05) is 25.4 Å². The molecule has 1 N–H and O–H groups in total. The van der Waals surface area contributed by atoms with Crippen LogP contribution in [0, 0.1) is 0 Å². The molecule has 0 saturated carbocycles. The SMILES string of the molecule is CN(C(=O)S)C(S)CCCNS. The lowest BCUT2D eigenvalue weighted by Gasteiger charge is -2.21. The summed E-state index contributed by atoms with van der Waals surface area (Å²) in [4.78, 5) is 12.2. The van der Waals surface area contributed by atoms with Gasteiger partial charge in [-0.3, -0.25) is 9.52 Å². The van der Waals surface area contributed by atoms with Gasteiger partial charge in [0, 0.05) is 13.6 Å². The molecular formula is C6H14N2OS3. The number of nitrogens with zero attached hydrogens (tertiary/aromatic N) is 1. The Kier molecular flexibility index (Phi) is 7.22. The molecule has 0 aliphatic heterocycles. The van der Waals surface area contributed by atoms with Crippen molar-refractivity contribution in [3.8, 4) is 0 Å². The fourth-order valence-electron chi connectivity index (χ4n) is 0.685. The summed E-state index contributed by atoms with van der Waals surface area (Å²) in [6.07, 6.45) is 1.77. The van der Waals surface area contributed by atoms with Crippen LogP contribution in [0.3, 0.4) is 0 Å². The summed E-state index contributed by atoms with van der Waals surface area (Å²) in [7, 11) is 1.68. The summed E-state index contributed by atoms with van der Waals surface area (Å²) in [6.45, 7) is 0.814. The Balaban J connectivity index is 3.56. The van der Waals surface area contributed by atoms with Gasteiger partial charge in [0.15, 0.2) is 0 Å². The molecule has 0 radical (unpaired) electrons. The molecule has 0 aliphatic carbocycles. The molecule has 1 atom stereocenters. The molecule has 1 unspecified atom stereocenters. The second-order valence-electron chi connectivity index (χ2n) is 2.42. The molecule has 0 aromatic carbocycles. The number of nitrogens with one attached hydrogen (secondary N) is 1. The molecule has 0 aromatic rings. The second kappa shape index (κ2) is 6.94. The molecule has 0 fully saturated rings.